The minimum atomic E-state index is -0.558. The third-order valence-corrected chi connectivity index (χ3v) is 3.95. The third kappa shape index (κ3) is 1.53. The zero-order chi connectivity index (χ0) is 12.0. The number of nitrogens with zero attached hydrogens (tertiary/aromatic N) is 4. The maximum atomic E-state index is 12.4. The van der Waals surface area contributed by atoms with Gasteiger partial charge in [-0.05, 0) is 12.8 Å². The number of rotatable bonds is 2. The van der Waals surface area contributed by atoms with Crippen molar-refractivity contribution in [2.75, 3.05) is 6.54 Å². The molecule has 2 heterocycles. The molecule has 1 aliphatic heterocycles. The van der Waals surface area contributed by atoms with Gasteiger partial charge in [-0.1, -0.05) is 12.2 Å². The first kappa shape index (κ1) is 10.6. The monoisotopic (exact) mass is 251 g/mol. The second-order valence-corrected chi connectivity index (χ2v) is 5.05. The Balaban J connectivity index is 1.79. The van der Waals surface area contributed by atoms with Gasteiger partial charge in [0.05, 0.1) is 16.9 Å². The van der Waals surface area contributed by atoms with E-state index in [4.69, 9.17) is 18.0 Å². The van der Waals surface area contributed by atoms with Crippen molar-refractivity contribution in [1.29, 1.82) is 0 Å². The number of thiocarbonyl (C=S) groups is 1. The number of carbonyl (C=O) groups excluding carboxylic acids is 1. The molecule has 17 heavy (non-hydrogen) atoms. The second-order valence-electron chi connectivity index (χ2n) is 4.61. The molecular formula is C10H13N5OS. The average Bonchev–Trinajstić information content (AvgIpc) is 3.00. The van der Waals surface area contributed by atoms with Crippen molar-refractivity contribution in [3.63, 3.8) is 0 Å². The van der Waals surface area contributed by atoms with E-state index in [1.165, 1.54) is 0 Å². The zero-order valence-electron chi connectivity index (χ0n) is 9.30. The fraction of sp³-hybridized carbons (Fsp3) is 0.600. The molecule has 6 nitrogen and oxygen atoms in total. The molecule has 0 aromatic carbocycles. The predicted octanol–water partition coefficient (Wildman–Crippen LogP) is -0.313. The molecule has 0 unspecified atom stereocenters. The number of aromatic nitrogens is 3. The van der Waals surface area contributed by atoms with Gasteiger partial charge >= 0.3 is 0 Å². The lowest BCUT2D eigenvalue weighted by Gasteiger charge is -2.30. The van der Waals surface area contributed by atoms with E-state index in [9.17, 15) is 4.79 Å². The highest BCUT2D eigenvalue weighted by Crippen LogP contribution is 2.47. The Morgan fingerprint density at radius 3 is 2.88 bits per heavy atom. The van der Waals surface area contributed by atoms with Crippen molar-refractivity contribution in [2.24, 2.45) is 11.1 Å². The summed E-state index contributed by atoms with van der Waals surface area (Å²) >= 11 is 5.00. The fourth-order valence-corrected chi connectivity index (χ4v) is 2.52. The van der Waals surface area contributed by atoms with Gasteiger partial charge in [0.15, 0.2) is 5.82 Å². The molecule has 1 fully saturated rings. The molecule has 3 rings (SSSR count). The summed E-state index contributed by atoms with van der Waals surface area (Å²) in [6.07, 6.45) is 3.26. The van der Waals surface area contributed by atoms with E-state index in [-0.39, 0.29) is 5.91 Å². The molecule has 1 amide bonds. The molecule has 0 saturated heterocycles. The van der Waals surface area contributed by atoms with Crippen molar-refractivity contribution < 1.29 is 4.79 Å². The van der Waals surface area contributed by atoms with Crippen LogP contribution in [0.5, 0.6) is 0 Å². The molecule has 0 atom stereocenters. The van der Waals surface area contributed by atoms with E-state index in [0.29, 0.717) is 18.1 Å². The lowest BCUT2D eigenvalue weighted by molar-refractivity contribution is -0.136. The first-order valence-corrected chi connectivity index (χ1v) is 6.00. The Bertz CT molecular complexity index is 493. The summed E-state index contributed by atoms with van der Waals surface area (Å²) in [6, 6.07) is 0. The fourth-order valence-electron chi connectivity index (χ4n) is 2.23. The first-order chi connectivity index (χ1) is 8.13. The molecule has 0 spiro atoms. The normalized spacial score (nSPS) is 20.8. The van der Waals surface area contributed by atoms with Gasteiger partial charge in [0.2, 0.25) is 5.91 Å². The van der Waals surface area contributed by atoms with Crippen LogP contribution in [0.3, 0.4) is 0 Å². The minimum Gasteiger partial charge on any atom is -0.392 e. The number of nitrogens with two attached hydrogens (primary N) is 1. The van der Waals surface area contributed by atoms with Gasteiger partial charge in [0, 0.05) is 13.1 Å². The van der Waals surface area contributed by atoms with Gasteiger partial charge in [-0.2, -0.15) is 0 Å². The molecule has 0 bridgehead atoms. The van der Waals surface area contributed by atoms with Gasteiger partial charge < -0.3 is 15.2 Å². The van der Waals surface area contributed by atoms with E-state index in [1.54, 1.807) is 11.2 Å². The molecule has 1 aliphatic carbocycles. The van der Waals surface area contributed by atoms with Crippen molar-refractivity contribution >= 4 is 23.1 Å². The smallest absolute Gasteiger partial charge is 0.236 e. The SMILES string of the molecule is NC(=S)C1(C(=O)N2CCn3cnnc3C2)CC1. The van der Waals surface area contributed by atoms with E-state index >= 15 is 0 Å². The molecule has 90 valence electrons. The van der Waals surface area contributed by atoms with Crippen LogP contribution in [0.4, 0.5) is 0 Å². The topological polar surface area (TPSA) is 77.0 Å². The Morgan fingerprint density at radius 2 is 2.24 bits per heavy atom. The Labute approximate surface area is 104 Å². The quantitative estimate of drug-likeness (QED) is 0.729. The van der Waals surface area contributed by atoms with Crippen LogP contribution < -0.4 is 5.73 Å². The molecule has 2 N–H and O–H groups in total. The van der Waals surface area contributed by atoms with E-state index < -0.39 is 5.41 Å². The summed E-state index contributed by atoms with van der Waals surface area (Å²) in [7, 11) is 0. The van der Waals surface area contributed by atoms with Crippen molar-refractivity contribution in [2.45, 2.75) is 25.9 Å². The Kier molecular flexibility index (Phi) is 2.19. The standard InChI is InChI=1S/C10H13N5OS/c11-8(17)10(1-2-10)9(16)14-3-4-15-6-12-13-7(15)5-14/h6H,1-5H2,(H2,11,17). The summed E-state index contributed by atoms with van der Waals surface area (Å²) in [6.45, 7) is 1.92. The van der Waals surface area contributed by atoms with Crippen LogP contribution in [0.25, 0.3) is 0 Å². The molecule has 1 aromatic rings. The third-order valence-electron chi connectivity index (χ3n) is 3.56. The highest BCUT2D eigenvalue weighted by Gasteiger charge is 2.54. The van der Waals surface area contributed by atoms with Crippen LogP contribution in [0, 0.1) is 5.41 Å². The second kappa shape index (κ2) is 3.49. The van der Waals surface area contributed by atoms with Crippen molar-refractivity contribution in [1.82, 2.24) is 19.7 Å². The maximum Gasteiger partial charge on any atom is 0.236 e. The van der Waals surface area contributed by atoms with Gasteiger partial charge in [-0.25, -0.2) is 0 Å². The van der Waals surface area contributed by atoms with E-state index in [2.05, 4.69) is 10.2 Å². The van der Waals surface area contributed by atoms with Crippen molar-refractivity contribution in [3.8, 4) is 0 Å². The summed E-state index contributed by atoms with van der Waals surface area (Å²) in [5.74, 6) is 0.877. The van der Waals surface area contributed by atoms with E-state index in [1.807, 2.05) is 4.57 Å². The van der Waals surface area contributed by atoms with Gasteiger partial charge in [-0.3, -0.25) is 4.79 Å². The molecule has 2 aliphatic rings. The van der Waals surface area contributed by atoms with Crippen LogP contribution in [-0.4, -0.2) is 37.1 Å². The summed E-state index contributed by atoms with van der Waals surface area (Å²) in [5.41, 5.74) is 5.11. The summed E-state index contributed by atoms with van der Waals surface area (Å²) in [5, 5.41) is 7.83. The van der Waals surface area contributed by atoms with Crippen LogP contribution in [-0.2, 0) is 17.9 Å². The maximum absolute atomic E-state index is 12.4. The van der Waals surface area contributed by atoms with Crippen LogP contribution in [0.2, 0.25) is 0 Å². The Hall–Kier alpha value is -1.50. The predicted molar refractivity (Wildman–Crippen MR) is 63.9 cm³/mol. The number of carbonyl (C=O) groups is 1. The highest BCUT2D eigenvalue weighted by atomic mass is 32.1. The molecule has 1 saturated carbocycles. The highest BCUT2D eigenvalue weighted by molar-refractivity contribution is 7.80. The lowest BCUT2D eigenvalue weighted by Crippen LogP contribution is -2.46. The van der Waals surface area contributed by atoms with Crippen LogP contribution >= 0.6 is 12.2 Å². The number of fused-ring (bicyclic) bond motifs is 1. The summed E-state index contributed by atoms with van der Waals surface area (Å²) in [4.78, 5) is 14.5. The largest absolute Gasteiger partial charge is 0.392 e. The lowest BCUT2D eigenvalue weighted by atomic mass is 10.1. The average molecular weight is 251 g/mol. The molecule has 7 heteroatoms. The molecule has 0 radical (unpaired) electrons. The van der Waals surface area contributed by atoms with Gasteiger partial charge in [0.1, 0.15) is 6.33 Å². The number of hydrogen-bond donors (Lipinski definition) is 1. The molecule has 1 aromatic heterocycles. The number of hydrogen-bond acceptors (Lipinski definition) is 4. The number of amides is 1. The zero-order valence-corrected chi connectivity index (χ0v) is 10.1. The minimum absolute atomic E-state index is 0.0549. The van der Waals surface area contributed by atoms with Gasteiger partial charge in [0.25, 0.3) is 0 Å². The van der Waals surface area contributed by atoms with Crippen molar-refractivity contribution in [3.05, 3.63) is 12.2 Å². The van der Waals surface area contributed by atoms with Crippen LogP contribution in [0.15, 0.2) is 6.33 Å². The molecular weight excluding hydrogens is 238 g/mol. The van der Waals surface area contributed by atoms with Gasteiger partial charge in [-0.15, -0.1) is 10.2 Å². The van der Waals surface area contributed by atoms with E-state index in [0.717, 1.165) is 25.2 Å². The first-order valence-electron chi connectivity index (χ1n) is 5.59. The summed E-state index contributed by atoms with van der Waals surface area (Å²) < 4.78 is 1.96. The van der Waals surface area contributed by atoms with Crippen LogP contribution in [0.1, 0.15) is 18.7 Å². The Morgan fingerprint density at radius 1 is 1.47 bits per heavy atom.